The van der Waals surface area contributed by atoms with E-state index < -0.39 is 0 Å². The third-order valence-corrected chi connectivity index (χ3v) is 4.66. The molecule has 0 radical (unpaired) electrons. The molecule has 1 atom stereocenters. The Bertz CT molecular complexity index is 1060. The number of benzene rings is 2. The Kier molecular flexibility index (Phi) is 4.48. The van der Waals surface area contributed by atoms with Crippen LogP contribution in [0.3, 0.4) is 0 Å². The summed E-state index contributed by atoms with van der Waals surface area (Å²) in [5.41, 5.74) is 2.19. The standard InChI is InChI=1S/C19H14ClN5O2/c20-15-7-12(16-8-18(26)24-19-22-11-23-25(16)19)5-6-17(15)27-10-14-4-2-1-3-13(14)9-21/h1-7,11,16H,8,10H2,(H,22,23,24,26). The Morgan fingerprint density at radius 2 is 2.19 bits per heavy atom. The molecule has 3 aromatic rings. The molecule has 1 unspecified atom stereocenters. The summed E-state index contributed by atoms with van der Waals surface area (Å²) in [5.74, 6) is 0.804. The smallest absolute Gasteiger partial charge is 0.229 e. The minimum atomic E-state index is -0.276. The molecule has 1 aromatic heterocycles. The lowest BCUT2D eigenvalue weighted by atomic mass is 10.0. The molecule has 0 saturated carbocycles. The van der Waals surface area contributed by atoms with E-state index in [0.29, 0.717) is 22.3 Å². The highest BCUT2D eigenvalue weighted by Gasteiger charge is 2.28. The molecule has 2 aromatic carbocycles. The SMILES string of the molecule is N#Cc1ccccc1COc1ccc(C2CC(=O)Nc3ncnn32)cc1Cl. The molecule has 1 aliphatic rings. The van der Waals surface area contributed by atoms with E-state index >= 15 is 0 Å². The Balaban J connectivity index is 1.56. The topological polar surface area (TPSA) is 92.8 Å². The highest BCUT2D eigenvalue weighted by molar-refractivity contribution is 6.32. The van der Waals surface area contributed by atoms with Gasteiger partial charge in [-0.2, -0.15) is 15.3 Å². The predicted octanol–water partition coefficient (Wildman–Crippen LogP) is 3.31. The number of nitrogens with one attached hydrogen (secondary N) is 1. The summed E-state index contributed by atoms with van der Waals surface area (Å²) in [4.78, 5) is 15.9. The molecule has 0 saturated heterocycles. The maximum atomic E-state index is 11.9. The number of carbonyl (C=O) groups is 1. The highest BCUT2D eigenvalue weighted by Crippen LogP contribution is 2.33. The lowest BCUT2D eigenvalue weighted by Crippen LogP contribution is -2.29. The Morgan fingerprint density at radius 1 is 1.33 bits per heavy atom. The first-order valence-electron chi connectivity index (χ1n) is 8.25. The van der Waals surface area contributed by atoms with E-state index in [0.717, 1.165) is 11.1 Å². The first-order valence-corrected chi connectivity index (χ1v) is 8.63. The van der Waals surface area contributed by atoms with Crippen LogP contribution in [0.25, 0.3) is 0 Å². The van der Waals surface area contributed by atoms with E-state index in [1.807, 2.05) is 24.3 Å². The van der Waals surface area contributed by atoms with Gasteiger partial charge in [-0.15, -0.1) is 0 Å². The number of hydrogen-bond donors (Lipinski definition) is 1. The summed E-state index contributed by atoms with van der Waals surface area (Å²) in [5, 5.41) is 16.4. The molecule has 4 rings (SSSR count). The summed E-state index contributed by atoms with van der Waals surface area (Å²) in [6, 6.07) is 14.5. The van der Waals surface area contributed by atoms with Gasteiger partial charge in [0.05, 0.1) is 29.1 Å². The molecule has 134 valence electrons. The first-order chi connectivity index (χ1) is 13.2. The molecule has 0 aliphatic carbocycles. The van der Waals surface area contributed by atoms with Gasteiger partial charge in [-0.05, 0) is 23.8 Å². The summed E-state index contributed by atoms with van der Waals surface area (Å²) < 4.78 is 7.45. The Morgan fingerprint density at radius 3 is 3.00 bits per heavy atom. The van der Waals surface area contributed by atoms with Crippen molar-refractivity contribution in [2.45, 2.75) is 19.1 Å². The zero-order valence-corrected chi connectivity index (χ0v) is 14.8. The average molecular weight is 380 g/mol. The van der Waals surface area contributed by atoms with E-state index in [2.05, 4.69) is 21.5 Å². The molecule has 1 aliphatic heterocycles. The van der Waals surface area contributed by atoms with Gasteiger partial charge >= 0.3 is 0 Å². The molecule has 8 heteroatoms. The average Bonchev–Trinajstić information content (AvgIpc) is 3.15. The Hall–Kier alpha value is -3.37. The summed E-state index contributed by atoms with van der Waals surface area (Å²) in [6.07, 6.45) is 1.65. The van der Waals surface area contributed by atoms with Crippen LogP contribution in [0.1, 0.15) is 29.2 Å². The zero-order valence-electron chi connectivity index (χ0n) is 14.1. The van der Waals surface area contributed by atoms with Gasteiger partial charge in [-0.3, -0.25) is 10.1 Å². The number of hydrogen-bond acceptors (Lipinski definition) is 5. The van der Waals surface area contributed by atoms with Crippen molar-refractivity contribution in [3.63, 3.8) is 0 Å². The van der Waals surface area contributed by atoms with Crippen molar-refractivity contribution in [3.05, 3.63) is 70.5 Å². The fraction of sp³-hybridized carbons (Fsp3) is 0.158. The zero-order chi connectivity index (χ0) is 18.8. The van der Waals surface area contributed by atoms with Gasteiger partial charge in [0.2, 0.25) is 11.9 Å². The van der Waals surface area contributed by atoms with Crippen LogP contribution in [0.2, 0.25) is 5.02 Å². The monoisotopic (exact) mass is 379 g/mol. The molecule has 27 heavy (non-hydrogen) atoms. The van der Waals surface area contributed by atoms with Gasteiger partial charge in [0, 0.05) is 5.56 Å². The number of carbonyl (C=O) groups excluding carboxylic acids is 1. The molecule has 0 spiro atoms. The number of anilines is 1. The number of rotatable bonds is 4. The first kappa shape index (κ1) is 17.1. The maximum Gasteiger partial charge on any atom is 0.229 e. The summed E-state index contributed by atoms with van der Waals surface area (Å²) in [7, 11) is 0. The number of fused-ring (bicyclic) bond motifs is 1. The van der Waals surface area contributed by atoms with Crippen LogP contribution >= 0.6 is 11.6 Å². The van der Waals surface area contributed by atoms with Gasteiger partial charge in [0.1, 0.15) is 18.7 Å². The second kappa shape index (κ2) is 7.09. The molecular weight excluding hydrogens is 366 g/mol. The minimum absolute atomic E-state index is 0.120. The van der Waals surface area contributed by atoms with Crippen molar-refractivity contribution in [1.29, 1.82) is 5.26 Å². The number of nitrogens with zero attached hydrogens (tertiary/aromatic N) is 4. The fourth-order valence-electron chi connectivity index (χ4n) is 3.02. The minimum Gasteiger partial charge on any atom is -0.487 e. The lowest BCUT2D eigenvalue weighted by Gasteiger charge is -2.24. The van der Waals surface area contributed by atoms with Crippen LogP contribution in [-0.2, 0) is 11.4 Å². The normalized spacial score (nSPS) is 15.6. The van der Waals surface area contributed by atoms with Crippen LogP contribution in [0.15, 0.2) is 48.8 Å². The van der Waals surface area contributed by atoms with E-state index in [9.17, 15) is 4.79 Å². The summed E-state index contributed by atoms with van der Waals surface area (Å²) >= 11 is 6.39. The van der Waals surface area contributed by atoms with Crippen molar-refractivity contribution in [2.24, 2.45) is 0 Å². The van der Waals surface area contributed by atoms with Crippen molar-refractivity contribution in [3.8, 4) is 11.8 Å². The number of aromatic nitrogens is 3. The van der Waals surface area contributed by atoms with Gasteiger partial charge in [-0.25, -0.2) is 4.68 Å². The lowest BCUT2D eigenvalue weighted by molar-refractivity contribution is -0.117. The second-order valence-corrected chi connectivity index (χ2v) is 6.45. The summed E-state index contributed by atoms with van der Waals surface area (Å²) in [6.45, 7) is 0.238. The van der Waals surface area contributed by atoms with Crippen LogP contribution in [-0.4, -0.2) is 20.7 Å². The van der Waals surface area contributed by atoms with Gasteiger partial charge < -0.3 is 4.74 Å². The third kappa shape index (κ3) is 3.35. The van der Waals surface area contributed by atoms with Crippen molar-refractivity contribution in [1.82, 2.24) is 14.8 Å². The van der Waals surface area contributed by atoms with Crippen LogP contribution in [0, 0.1) is 11.3 Å². The van der Waals surface area contributed by atoms with Crippen LogP contribution in [0.5, 0.6) is 5.75 Å². The quantitative estimate of drug-likeness (QED) is 0.750. The molecule has 0 fully saturated rings. The number of halogens is 1. The van der Waals surface area contributed by atoms with Gasteiger partial charge in [0.25, 0.3) is 0 Å². The molecule has 0 bridgehead atoms. The second-order valence-electron chi connectivity index (χ2n) is 6.04. The number of ether oxygens (including phenoxy) is 1. The van der Waals surface area contributed by atoms with Crippen molar-refractivity contribution < 1.29 is 9.53 Å². The largest absolute Gasteiger partial charge is 0.487 e. The molecule has 1 N–H and O–H groups in total. The fourth-order valence-corrected chi connectivity index (χ4v) is 3.26. The number of amides is 1. The van der Waals surface area contributed by atoms with Crippen molar-refractivity contribution in [2.75, 3.05) is 5.32 Å². The third-order valence-electron chi connectivity index (χ3n) is 4.36. The van der Waals surface area contributed by atoms with E-state index in [1.54, 1.807) is 22.9 Å². The molecule has 1 amide bonds. The molecular formula is C19H14ClN5O2. The van der Waals surface area contributed by atoms with Gasteiger partial charge in [-0.1, -0.05) is 35.9 Å². The van der Waals surface area contributed by atoms with E-state index in [-0.39, 0.29) is 25.0 Å². The van der Waals surface area contributed by atoms with Gasteiger partial charge in [0.15, 0.2) is 0 Å². The molecule has 7 nitrogen and oxygen atoms in total. The van der Waals surface area contributed by atoms with Crippen LogP contribution < -0.4 is 10.1 Å². The predicted molar refractivity (Wildman–Crippen MR) is 98.3 cm³/mol. The highest BCUT2D eigenvalue weighted by atomic mass is 35.5. The number of nitriles is 1. The van der Waals surface area contributed by atoms with Crippen molar-refractivity contribution >= 4 is 23.5 Å². The maximum absolute atomic E-state index is 11.9. The van der Waals surface area contributed by atoms with E-state index in [4.69, 9.17) is 21.6 Å². The van der Waals surface area contributed by atoms with Crippen LogP contribution in [0.4, 0.5) is 5.95 Å². The molecule has 2 heterocycles. The Labute approximate surface area is 160 Å². The van der Waals surface area contributed by atoms with E-state index in [1.165, 1.54) is 6.33 Å².